The van der Waals surface area contributed by atoms with Gasteiger partial charge in [0.25, 0.3) is 5.91 Å². The number of amides is 1. The monoisotopic (exact) mass is 408 g/mol. The maximum atomic E-state index is 12.9. The van der Waals surface area contributed by atoms with Gasteiger partial charge in [-0.3, -0.25) is 4.79 Å². The summed E-state index contributed by atoms with van der Waals surface area (Å²) >= 11 is 1.58. The minimum absolute atomic E-state index is 0.00750. The van der Waals surface area contributed by atoms with E-state index >= 15 is 0 Å². The lowest BCUT2D eigenvalue weighted by Crippen LogP contribution is -2.34. The number of carbonyl (C=O) groups excluding carboxylic acids is 1. The summed E-state index contributed by atoms with van der Waals surface area (Å²) in [5.74, 6) is -0.159. The van der Waals surface area contributed by atoms with Crippen molar-refractivity contribution in [3.8, 4) is 11.3 Å². The average molecular weight is 408 g/mol. The Bertz CT molecular complexity index is 933. The number of alkyl halides is 3. The highest BCUT2D eigenvalue weighted by Crippen LogP contribution is 2.32. The van der Waals surface area contributed by atoms with Crippen molar-refractivity contribution in [2.75, 3.05) is 20.6 Å². The topological polar surface area (TPSA) is 45.5 Å². The molecule has 3 aromatic rings. The van der Waals surface area contributed by atoms with E-state index < -0.39 is 17.6 Å². The Morgan fingerprint density at radius 2 is 2.00 bits per heavy atom. The molecule has 0 aliphatic heterocycles. The van der Waals surface area contributed by atoms with Crippen LogP contribution in [0.25, 0.3) is 11.3 Å². The lowest BCUT2D eigenvalue weighted by molar-refractivity contribution is -0.137. The first-order valence-corrected chi connectivity index (χ1v) is 9.44. The van der Waals surface area contributed by atoms with Crippen LogP contribution in [0, 0.1) is 0 Å². The fourth-order valence-electron chi connectivity index (χ4n) is 2.80. The van der Waals surface area contributed by atoms with Gasteiger partial charge in [0.15, 0.2) is 5.76 Å². The quantitative estimate of drug-likeness (QED) is 0.620. The van der Waals surface area contributed by atoms with Crippen LogP contribution in [-0.2, 0) is 6.18 Å². The Morgan fingerprint density at radius 1 is 1.21 bits per heavy atom. The van der Waals surface area contributed by atoms with Gasteiger partial charge in [-0.15, -0.1) is 0 Å². The first kappa shape index (κ1) is 20.2. The largest absolute Gasteiger partial charge is 0.451 e. The number of carbonyl (C=O) groups is 1. The Hall–Kier alpha value is -2.58. The zero-order valence-electron chi connectivity index (χ0n) is 15.3. The van der Waals surface area contributed by atoms with Crippen LogP contribution < -0.4 is 5.32 Å². The minimum atomic E-state index is -4.44. The predicted molar refractivity (Wildman–Crippen MR) is 102 cm³/mol. The molecule has 0 aliphatic carbocycles. The maximum Gasteiger partial charge on any atom is 0.416 e. The van der Waals surface area contributed by atoms with Crippen molar-refractivity contribution < 1.29 is 22.4 Å². The van der Waals surface area contributed by atoms with E-state index in [2.05, 4.69) is 5.32 Å². The van der Waals surface area contributed by atoms with Gasteiger partial charge in [-0.25, -0.2) is 0 Å². The molecular weight excluding hydrogens is 389 g/mol. The van der Waals surface area contributed by atoms with Crippen LogP contribution in [0.2, 0.25) is 0 Å². The molecule has 0 spiro atoms. The third kappa shape index (κ3) is 4.63. The van der Waals surface area contributed by atoms with E-state index in [1.807, 2.05) is 35.8 Å². The van der Waals surface area contributed by atoms with Crippen LogP contribution in [0.4, 0.5) is 13.2 Å². The van der Waals surface area contributed by atoms with Crippen LogP contribution >= 0.6 is 11.3 Å². The van der Waals surface area contributed by atoms with Gasteiger partial charge in [0.2, 0.25) is 0 Å². The molecular formula is C20H19F3N2O2S. The summed E-state index contributed by atoms with van der Waals surface area (Å²) < 4.78 is 44.1. The first-order chi connectivity index (χ1) is 13.3. The second kappa shape index (κ2) is 8.20. The molecule has 0 aliphatic rings. The van der Waals surface area contributed by atoms with E-state index in [1.54, 1.807) is 11.3 Å². The molecule has 4 nitrogen and oxygen atoms in total. The normalized spacial score (nSPS) is 12.9. The van der Waals surface area contributed by atoms with Crippen molar-refractivity contribution in [2.45, 2.75) is 12.2 Å². The summed E-state index contributed by atoms with van der Waals surface area (Å²) in [5.41, 5.74) is 0.592. The third-order valence-corrected chi connectivity index (χ3v) is 5.01. The molecule has 1 amide bonds. The number of hydrogen-bond donors (Lipinski definition) is 1. The van der Waals surface area contributed by atoms with Gasteiger partial charge in [0, 0.05) is 12.1 Å². The standard InChI is InChI=1S/C20H19F3N2O2S/c1-25(2)16(14-8-9-28-12-14)11-24-19(26)18-7-6-17(27-18)13-4-3-5-15(10-13)20(21,22)23/h3-10,12,16H,11H2,1-2H3,(H,24,26). The smallest absolute Gasteiger partial charge is 0.416 e. The van der Waals surface area contributed by atoms with Gasteiger partial charge in [0.05, 0.1) is 11.6 Å². The van der Waals surface area contributed by atoms with Gasteiger partial charge < -0.3 is 14.6 Å². The van der Waals surface area contributed by atoms with Gasteiger partial charge >= 0.3 is 6.18 Å². The van der Waals surface area contributed by atoms with Crippen molar-refractivity contribution in [3.05, 3.63) is 70.1 Å². The van der Waals surface area contributed by atoms with E-state index in [9.17, 15) is 18.0 Å². The number of thiophene rings is 1. The molecule has 1 aromatic carbocycles. The number of benzene rings is 1. The molecule has 1 atom stereocenters. The second-order valence-corrected chi connectivity index (χ2v) is 7.27. The molecule has 2 heterocycles. The van der Waals surface area contributed by atoms with Crippen LogP contribution in [0.15, 0.2) is 57.6 Å². The average Bonchev–Trinajstić information content (AvgIpc) is 3.33. The maximum absolute atomic E-state index is 12.9. The first-order valence-electron chi connectivity index (χ1n) is 8.50. The summed E-state index contributed by atoms with van der Waals surface area (Å²) in [7, 11) is 3.85. The van der Waals surface area contributed by atoms with Gasteiger partial charge in [0.1, 0.15) is 5.76 Å². The van der Waals surface area contributed by atoms with Crippen LogP contribution in [0.1, 0.15) is 27.7 Å². The Kier molecular flexibility index (Phi) is 5.90. The van der Waals surface area contributed by atoms with Gasteiger partial charge in [-0.2, -0.15) is 24.5 Å². The fraction of sp³-hybridized carbons (Fsp3) is 0.250. The number of likely N-dealkylation sites (N-methyl/N-ethyl adjacent to an activating group) is 1. The van der Waals surface area contributed by atoms with E-state index in [0.29, 0.717) is 6.54 Å². The van der Waals surface area contributed by atoms with E-state index in [4.69, 9.17) is 4.42 Å². The van der Waals surface area contributed by atoms with Gasteiger partial charge in [-0.05, 0) is 60.8 Å². The number of furan rings is 1. The molecule has 0 saturated carbocycles. The zero-order valence-corrected chi connectivity index (χ0v) is 16.1. The predicted octanol–water partition coefficient (Wildman–Crippen LogP) is 5.06. The van der Waals surface area contributed by atoms with E-state index in [1.165, 1.54) is 24.3 Å². The fourth-order valence-corrected chi connectivity index (χ4v) is 3.51. The molecule has 0 radical (unpaired) electrons. The van der Waals surface area contributed by atoms with Crippen LogP contribution in [-0.4, -0.2) is 31.4 Å². The van der Waals surface area contributed by atoms with Crippen molar-refractivity contribution in [1.82, 2.24) is 10.2 Å². The molecule has 0 saturated heterocycles. The number of nitrogens with zero attached hydrogens (tertiary/aromatic N) is 1. The summed E-state index contributed by atoms with van der Waals surface area (Å²) in [5, 5.41) is 6.82. The van der Waals surface area contributed by atoms with Crippen molar-refractivity contribution >= 4 is 17.2 Å². The molecule has 3 rings (SSSR count). The molecule has 1 N–H and O–H groups in total. The molecule has 28 heavy (non-hydrogen) atoms. The summed E-state index contributed by atoms with van der Waals surface area (Å²) in [6, 6.07) is 9.77. The molecule has 1 unspecified atom stereocenters. The molecule has 2 aromatic heterocycles. The minimum Gasteiger partial charge on any atom is -0.451 e. The highest BCUT2D eigenvalue weighted by molar-refractivity contribution is 7.07. The Morgan fingerprint density at radius 3 is 2.64 bits per heavy atom. The summed E-state index contributed by atoms with van der Waals surface area (Å²) in [4.78, 5) is 14.4. The SMILES string of the molecule is CN(C)C(CNC(=O)c1ccc(-c2cccc(C(F)(F)F)c2)o1)c1ccsc1. The Labute approximate surface area is 164 Å². The second-order valence-electron chi connectivity index (χ2n) is 6.49. The number of rotatable bonds is 6. The number of hydrogen-bond acceptors (Lipinski definition) is 4. The zero-order chi connectivity index (χ0) is 20.3. The third-order valence-electron chi connectivity index (χ3n) is 4.31. The molecule has 148 valence electrons. The molecule has 8 heteroatoms. The van der Waals surface area contributed by atoms with Crippen molar-refractivity contribution in [1.29, 1.82) is 0 Å². The highest BCUT2D eigenvalue weighted by atomic mass is 32.1. The van der Waals surface area contributed by atoms with E-state index in [-0.39, 0.29) is 23.1 Å². The van der Waals surface area contributed by atoms with Crippen LogP contribution in [0.5, 0.6) is 0 Å². The Balaban J connectivity index is 1.71. The molecule has 0 bridgehead atoms. The lowest BCUT2D eigenvalue weighted by atomic mass is 10.1. The van der Waals surface area contributed by atoms with Crippen LogP contribution in [0.3, 0.4) is 0 Å². The van der Waals surface area contributed by atoms with Gasteiger partial charge in [-0.1, -0.05) is 12.1 Å². The highest BCUT2D eigenvalue weighted by Gasteiger charge is 2.30. The summed E-state index contributed by atoms with van der Waals surface area (Å²) in [6.45, 7) is 0.377. The lowest BCUT2D eigenvalue weighted by Gasteiger charge is -2.23. The van der Waals surface area contributed by atoms with Crippen molar-refractivity contribution in [3.63, 3.8) is 0 Å². The van der Waals surface area contributed by atoms with Crippen molar-refractivity contribution in [2.24, 2.45) is 0 Å². The van der Waals surface area contributed by atoms with E-state index in [0.717, 1.165) is 17.7 Å². The summed E-state index contributed by atoms with van der Waals surface area (Å²) in [6.07, 6.45) is -4.44. The number of nitrogens with one attached hydrogen (secondary N) is 1. The number of halogens is 3. The molecule has 0 fully saturated rings.